The molecule has 0 saturated heterocycles. The van der Waals surface area contributed by atoms with E-state index in [1.165, 1.54) is 0 Å². The highest BCUT2D eigenvalue weighted by Gasteiger charge is 2.05. The Labute approximate surface area is 105 Å². The molecule has 0 bridgehead atoms. The van der Waals surface area contributed by atoms with Crippen molar-refractivity contribution in [3.8, 4) is 0 Å². The molecule has 0 radical (unpaired) electrons. The minimum absolute atomic E-state index is 0.0374. The Balaban J connectivity index is 3.49. The number of carbonyl (C=O) groups is 2. The fourth-order valence-electron chi connectivity index (χ4n) is 1.22. The van der Waals surface area contributed by atoms with Gasteiger partial charge in [0, 0.05) is 25.9 Å². The quantitative estimate of drug-likeness (QED) is 0.680. The summed E-state index contributed by atoms with van der Waals surface area (Å²) >= 11 is 0. The summed E-state index contributed by atoms with van der Waals surface area (Å²) in [5.74, 6) is 1.01. The standard InChI is InChI=1S/C13H26N2O2/c1-10(2)8-14-12(16)6-5-7-13(17)15-9-11(3)4/h10-11H,5-9H2,1-4H3,(H,14,16)(H,15,17). The Hall–Kier alpha value is -1.06. The van der Waals surface area contributed by atoms with E-state index < -0.39 is 0 Å². The van der Waals surface area contributed by atoms with Crippen LogP contribution in [0.2, 0.25) is 0 Å². The monoisotopic (exact) mass is 242 g/mol. The van der Waals surface area contributed by atoms with Gasteiger partial charge in [0.15, 0.2) is 0 Å². The minimum Gasteiger partial charge on any atom is -0.356 e. The van der Waals surface area contributed by atoms with Crippen LogP contribution in [0, 0.1) is 11.8 Å². The van der Waals surface area contributed by atoms with Gasteiger partial charge in [0.05, 0.1) is 0 Å². The lowest BCUT2D eigenvalue weighted by atomic mass is 10.2. The highest BCUT2D eigenvalue weighted by molar-refractivity contribution is 5.78. The molecule has 0 aromatic rings. The number of rotatable bonds is 8. The Kier molecular flexibility index (Phi) is 8.46. The van der Waals surface area contributed by atoms with E-state index in [1.807, 2.05) is 0 Å². The van der Waals surface area contributed by atoms with Crippen molar-refractivity contribution >= 4 is 11.8 Å². The Bertz CT molecular complexity index is 214. The number of carbonyl (C=O) groups excluding carboxylic acids is 2. The topological polar surface area (TPSA) is 58.2 Å². The molecular formula is C13H26N2O2. The van der Waals surface area contributed by atoms with Gasteiger partial charge in [-0.3, -0.25) is 9.59 Å². The Morgan fingerprint density at radius 2 is 1.18 bits per heavy atom. The largest absolute Gasteiger partial charge is 0.356 e. The van der Waals surface area contributed by atoms with Gasteiger partial charge in [-0.05, 0) is 18.3 Å². The van der Waals surface area contributed by atoms with Crippen LogP contribution in [-0.2, 0) is 9.59 Å². The second-order valence-electron chi connectivity index (χ2n) is 5.25. The van der Waals surface area contributed by atoms with E-state index in [2.05, 4.69) is 38.3 Å². The molecule has 4 nitrogen and oxygen atoms in total. The third-order valence-electron chi connectivity index (χ3n) is 2.22. The third kappa shape index (κ3) is 11.2. The molecule has 0 aromatic carbocycles. The highest BCUT2D eigenvalue weighted by atomic mass is 16.2. The SMILES string of the molecule is CC(C)CNC(=O)CCCC(=O)NCC(C)C. The van der Waals surface area contributed by atoms with Crippen molar-refractivity contribution in [3.63, 3.8) is 0 Å². The normalized spacial score (nSPS) is 10.7. The second kappa shape index (κ2) is 9.02. The zero-order valence-electron chi connectivity index (χ0n) is 11.5. The smallest absolute Gasteiger partial charge is 0.220 e. The van der Waals surface area contributed by atoms with E-state index in [0.717, 1.165) is 0 Å². The maximum Gasteiger partial charge on any atom is 0.220 e. The molecule has 17 heavy (non-hydrogen) atoms. The molecule has 0 aliphatic rings. The molecule has 0 unspecified atom stereocenters. The molecule has 0 fully saturated rings. The van der Waals surface area contributed by atoms with Crippen molar-refractivity contribution in [1.82, 2.24) is 10.6 Å². The van der Waals surface area contributed by atoms with Crippen molar-refractivity contribution < 1.29 is 9.59 Å². The van der Waals surface area contributed by atoms with Crippen LogP contribution in [0.15, 0.2) is 0 Å². The average Bonchev–Trinajstić information content (AvgIpc) is 2.23. The van der Waals surface area contributed by atoms with E-state index in [4.69, 9.17) is 0 Å². The zero-order valence-corrected chi connectivity index (χ0v) is 11.5. The summed E-state index contributed by atoms with van der Waals surface area (Å²) in [5.41, 5.74) is 0. The predicted molar refractivity (Wildman–Crippen MR) is 69.5 cm³/mol. The lowest BCUT2D eigenvalue weighted by Crippen LogP contribution is -2.29. The van der Waals surface area contributed by atoms with Gasteiger partial charge < -0.3 is 10.6 Å². The number of nitrogens with one attached hydrogen (secondary N) is 2. The van der Waals surface area contributed by atoms with Crippen LogP contribution in [0.25, 0.3) is 0 Å². The summed E-state index contributed by atoms with van der Waals surface area (Å²) in [6.45, 7) is 9.63. The first-order valence-electron chi connectivity index (χ1n) is 6.45. The molecular weight excluding hydrogens is 216 g/mol. The molecule has 2 amide bonds. The molecule has 4 heteroatoms. The molecule has 0 saturated carbocycles. The van der Waals surface area contributed by atoms with Crippen LogP contribution < -0.4 is 10.6 Å². The van der Waals surface area contributed by atoms with Gasteiger partial charge in [-0.2, -0.15) is 0 Å². The third-order valence-corrected chi connectivity index (χ3v) is 2.22. The van der Waals surface area contributed by atoms with Crippen molar-refractivity contribution in [1.29, 1.82) is 0 Å². The van der Waals surface area contributed by atoms with E-state index in [9.17, 15) is 9.59 Å². The van der Waals surface area contributed by atoms with Gasteiger partial charge in [0.2, 0.25) is 11.8 Å². The highest BCUT2D eigenvalue weighted by Crippen LogP contribution is 1.97. The van der Waals surface area contributed by atoms with Crippen molar-refractivity contribution in [2.45, 2.75) is 47.0 Å². The van der Waals surface area contributed by atoms with Gasteiger partial charge in [0.1, 0.15) is 0 Å². The van der Waals surface area contributed by atoms with Gasteiger partial charge >= 0.3 is 0 Å². The first-order valence-corrected chi connectivity index (χ1v) is 6.45. The molecule has 0 aromatic heterocycles. The van der Waals surface area contributed by atoms with Crippen LogP contribution >= 0.6 is 0 Å². The van der Waals surface area contributed by atoms with Crippen LogP contribution in [0.4, 0.5) is 0 Å². The lowest BCUT2D eigenvalue weighted by molar-refractivity contribution is -0.122. The Morgan fingerprint density at radius 3 is 1.47 bits per heavy atom. The van der Waals surface area contributed by atoms with E-state index in [1.54, 1.807) is 0 Å². The summed E-state index contributed by atoms with van der Waals surface area (Å²) in [6.07, 6.45) is 1.48. The molecule has 2 N–H and O–H groups in total. The molecule has 0 aliphatic carbocycles. The lowest BCUT2D eigenvalue weighted by Gasteiger charge is -2.08. The van der Waals surface area contributed by atoms with Gasteiger partial charge in [-0.15, -0.1) is 0 Å². The molecule has 0 rings (SSSR count). The minimum atomic E-state index is 0.0374. The van der Waals surface area contributed by atoms with E-state index in [0.29, 0.717) is 44.2 Å². The number of amides is 2. The Morgan fingerprint density at radius 1 is 0.824 bits per heavy atom. The fourth-order valence-corrected chi connectivity index (χ4v) is 1.22. The predicted octanol–water partition coefficient (Wildman–Crippen LogP) is 1.70. The van der Waals surface area contributed by atoms with Crippen LogP contribution in [-0.4, -0.2) is 24.9 Å². The van der Waals surface area contributed by atoms with Gasteiger partial charge in [0.25, 0.3) is 0 Å². The van der Waals surface area contributed by atoms with E-state index in [-0.39, 0.29) is 11.8 Å². The molecule has 0 spiro atoms. The summed E-state index contributed by atoms with van der Waals surface area (Å²) < 4.78 is 0. The molecule has 100 valence electrons. The number of hydrogen-bond donors (Lipinski definition) is 2. The zero-order chi connectivity index (χ0) is 13.3. The molecule has 0 heterocycles. The maximum absolute atomic E-state index is 11.4. The first kappa shape index (κ1) is 15.9. The van der Waals surface area contributed by atoms with Gasteiger partial charge in [-0.25, -0.2) is 0 Å². The van der Waals surface area contributed by atoms with Crippen molar-refractivity contribution in [2.24, 2.45) is 11.8 Å². The van der Waals surface area contributed by atoms with E-state index >= 15 is 0 Å². The number of hydrogen-bond acceptors (Lipinski definition) is 2. The fraction of sp³-hybridized carbons (Fsp3) is 0.846. The maximum atomic E-state index is 11.4. The average molecular weight is 242 g/mol. The summed E-state index contributed by atoms with van der Waals surface area (Å²) in [7, 11) is 0. The van der Waals surface area contributed by atoms with Crippen molar-refractivity contribution in [2.75, 3.05) is 13.1 Å². The van der Waals surface area contributed by atoms with Gasteiger partial charge in [-0.1, -0.05) is 27.7 Å². The summed E-state index contributed by atoms with van der Waals surface area (Å²) in [6, 6.07) is 0. The molecule has 0 aliphatic heterocycles. The molecule has 0 atom stereocenters. The van der Waals surface area contributed by atoms with Crippen LogP contribution in [0.5, 0.6) is 0 Å². The van der Waals surface area contributed by atoms with Crippen LogP contribution in [0.3, 0.4) is 0 Å². The first-order chi connectivity index (χ1) is 7.91. The summed E-state index contributed by atoms with van der Waals surface area (Å²) in [4.78, 5) is 22.7. The summed E-state index contributed by atoms with van der Waals surface area (Å²) in [5, 5.41) is 5.67. The van der Waals surface area contributed by atoms with Crippen molar-refractivity contribution in [3.05, 3.63) is 0 Å². The second-order valence-corrected chi connectivity index (χ2v) is 5.25. The van der Waals surface area contributed by atoms with Crippen LogP contribution in [0.1, 0.15) is 47.0 Å².